The van der Waals surface area contributed by atoms with Crippen molar-refractivity contribution in [2.45, 2.75) is 54.6 Å². The number of urea groups is 1. The number of nitrogens with zero attached hydrogens (tertiary/aromatic N) is 4. The van der Waals surface area contributed by atoms with Crippen LogP contribution in [-0.4, -0.2) is 46.0 Å². The lowest BCUT2D eigenvalue weighted by atomic mass is 10.1. The number of hydrogen-bond donors (Lipinski definition) is 0. The molecule has 2 aromatic carbocycles. The van der Waals surface area contributed by atoms with E-state index >= 15 is 0 Å². The molecule has 6 rings (SSSR count). The third-order valence-corrected chi connectivity index (χ3v) is 8.13. The molecule has 3 fully saturated rings. The zero-order valence-corrected chi connectivity index (χ0v) is 20.8. The van der Waals surface area contributed by atoms with Crippen LogP contribution in [0.15, 0.2) is 59.5 Å². The molecule has 0 radical (unpaired) electrons. The summed E-state index contributed by atoms with van der Waals surface area (Å²) in [6, 6.07) is 14.8. The highest BCUT2D eigenvalue weighted by molar-refractivity contribution is 8.00. The second kappa shape index (κ2) is 8.93. The highest BCUT2D eigenvalue weighted by Gasteiger charge is 2.65. The van der Waals surface area contributed by atoms with Gasteiger partial charge in [0.25, 0.3) is 5.91 Å². The molecule has 3 heterocycles. The van der Waals surface area contributed by atoms with Gasteiger partial charge in [0, 0.05) is 29.9 Å². The van der Waals surface area contributed by atoms with E-state index in [1.165, 1.54) is 30.7 Å². The molecule has 0 bridgehead atoms. The van der Waals surface area contributed by atoms with Gasteiger partial charge in [-0.1, -0.05) is 18.2 Å². The number of aromatic nitrogens is 1. The standard InChI is InChI=1S/C27H25F3N4O2S/c28-27(29,30)37-20-10-8-19(9-11-20)34-24(35)26(12-13-26)33(25(34)36)17-18-16-23(32-14-4-1-5-15-32)31-22-7-3-2-6-21(18)22/h2-3,6-11,16H,1,4-5,12-15,17H2. The van der Waals surface area contributed by atoms with Gasteiger partial charge in [0.15, 0.2) is 0 Å². The molecular formula is C27H25F3N4O2S. The van der Waals surface area contributed by atoms with E-state index in [-0.39, 0.29) is 34.8 Å². The lowest BCUT2D eigenvalue weighted by molar-refractivity contribution is -0.120. The molecule has 2 saturated heterocycles. The normalized spacial score (nSPS) is 19.4. The second-order valence-corrected chi connectivity index (χ2v) is 10.9. The topological polar surface area (TPSA) is 56.8 Å². The Morgan fingerprint density at radius 3 is 2.32 bits per heavy atom. The molecular weight excluding hydrogens is 501 g/mol. The Kier molecular flexibility index (Phi) is 5.82. The number of carbonyl (C=O) groups excluding carboxylic acids is 2. The minimum absolute atomic E-state index is 0.00170. The minimum atomic E-state index is -4.41. The van der Waals surface area contributed by atoms with Gasteiger partial charge in [-0.3, -0.25) is 4.79 Å². The Balaban J connectivity index is 1.32. The summed E-state index contributed by atoms with van der Waals surface area (Å²) >= 11 is -0.227. The lowest BCUT2D eigenvalue weighted by Gasteiger charge is -2.29. The summed E-state index contributed by atoms with van der Waals surface area (Å²) in [6.07, 6.45) is 4.56. The van der Waals surface area contributed by atoms with Crippen molar-refractivity contribution >= 4 is 46.1 Å². The molecule has 3 amide bonds. The van der Waals surface area contributed by atoms with Gasteiger partial charge in [0.1, 0.15) is 11.4 Å². The summed E-state index contributed by atoms with van der Waals surface area (Å²) in [6.45, 7) is 2.13. The van der Waals surface area contributed by atoms with E-state index in [1.54, 1.807) is 4.90 Å². The van der Waals surface area contributed by atoms with Crippen LogP contribution in [0.5, 0.6) is 0 Å². The second-order valence-electron chi connectivity index (χ2n) is 9.79. The Morgan fingerprint density at radius 2 is 1.65 bits per heavy atom. The molecule has 37 heavy (non-hydrogen) atoms. The van der Waals surface area contributed by atoms with Crippen molar-refractivity contribution in [2.75, 3.05) is 22.9 Å². The SMILES string of the molecule is O=C1N(c2ccc(SC(F)(F)F)cc2)C(=O)C2(CC2)N1Cc1cc(N2CCCCC2)nc2ccccc12. The zero-order chi connectivity index (χ0) is 25.8. The van der Waals surface area contributed by atoms with Gasteiger partial charge in [-0.25, -0.2) is 14.7 Å². The summed E-state index contributed by atoms with van der Waals surface area (Å²) < 4.78 is 38.2. The Hall–Kier alpha value is -3.27. The number of carbonyl (C=O) groups is 2. The Labute approximate surface area is 216 Å². The van der Waals surface area contributed by atoms with Crippen LogP contribution in [0.3, 0.4) is 0 Å². The number of hydrogen-bond acceptors (Lipinski definition) is 5. The molecule has 2 aliphatic heterocycles. The maximum atomic E-state index is 13.6. The third-order valence-electron chi connectivity index (χ3n) is 7.39. The molecule has 0 N–H and O–H groups in total. The fourth-order valence-corrected chi connectivity index (χ4v) is 5.92. The van der Waals surface area contributed by atoms with Crippen LogP contribution >= 0.6 is 11.8 Å². The minimum Gasteiger partial charge on any atom is -0.357 e. The van der Waals surface area contributed by atoms with E-state index < -0.39 is 17.1 Å². The Morgan fingerprint density at radius 1 is 0.946 bits per heavy atom. The van der Waals surface area contributed by atoms with Gasteiger partial charge in [0.05, 0.1) is 11.2 Å². The molecule has 6 nitrogen and oxygen atoms in total. The molecule has 1 spiro atoms. The van der Waals surface area contributed by atoms with Gasteiger partial charge in [-0.15, -0.1) is 0 Å². The van der Waals surface area contributed by atoms with Gasteiger partial charge in [-0.05, 0) is 85.8 Å². The van der Waals surface area contributed by atoms with Gasteiger partial charge in [0.2, 0.25) is 0 Å². The van der Waals surface area contributed by atoms with Gasteiger partial charge >= 0.3 is 11.5 Å². The molecule has 1 aliphatic carbocycles. The number of alkyl halides is 3. The van der Waals surface area contributed by atoms with Crippen molar-refractivity contribution in [1.29, 1.82) is 0 Å². The molecule has 0 atom stereocenters. The van der Waals surface area contributed by atoms with Crippen LogP contribution in [0, 0.1) is 0 Å². The van der Waals surface area contributed by atoms with Crippen LogP contribution < -0.4 is 9.80 Å². The first kappa shape index (κ1) is 24.1. The number of fused-ring (bicyclic) bond motifs is 1. The van der Waals surface area contributed by atoms with Gasteiger partial charge in [-0.2, -0.15) is 13.2 Å². The quantitative estimate of drug-likeness (QED) is 0.287. The predicted octanol–water partition coefficient (Wildman–Crippen LogP) is 6.34. The number of anilines is 2. The van der Waals surface area contributed by atoms with Crippen LogP contribution in [-0.2, 0) is 11.3 Å². The van der Waals surface area contributed by atoms with E-state index in [2.05, 4.69) is 4.90 Å². The van der Waals surface area contributed by atoms with E-state index in [4.69, 9.17) is 4.98 Å². The van der Waals surface area contributed by atoms with E-state index in [1.807, 2.05) is 30.3 Å². The lowest BCUT2D eigenvalue weighted by Crippen LogP contribution is -2.36. The number of amides is 3. The fraction of sp³-hybridized carbons (Fsp3) is 0.370. The maximum Gasteiger partial charge on any atom is 0.446 e. The van der Waals surface area contributed by atoms with Crippen molar-refractivity contribution in [3.05, 3.63) is 60.2 Å². The van der Waals surface area contributed by atoms with Crippen LogP contribution in [0.1, 0.15) is 37.7 Å². The number of para-hydroxylation sites is 1. The highest BCUT2D eigenvalue weighted by atomic mass is 32.2. The average Bonchev–Trinajstić information content (AvgIpc) is 3.66. The van der Waals surface area contributed by atoms with E-state index in [0.717, 1.165) is 53.1 Å². The zero-order valence-electron chi connectivity index (χ0n) is 20.0. The number of piperidine rings is 1. The number of imide groups is 1. The number of rotatable bonds is 5. The Bertz CT molecular complexity index is 1370. The first-order valence-electron chi connectivity index (χ1n) is 12.4. The van der Waals surface area contributed by atoms with Crippen molar-refractivity contribution in [3.63, 3.8) is 0 Å². The summed E-state index contributed by atoms with van der Waals surface area (Å²) in [5, 5.41) is 0.936. The molecule has 192 valence electrons. The predicted molar refractivity (Wildman–Crippen MR) is 137 cm³/mol. The number of thioether (sulfide) groups is 1. The molecule has 1 aromatic heterocycles. The maximum absolute atomic E-state index is 13.6. The number of halogens is 3. The van der Waals surface area contributed by atoms with Crippen LogP contribution in [0.25, 0.3) is 10.9 Å². The van der Waals surface area contributed by atoms with Crippen molar-refractivity contribution in [1.82, 2.24) is 9.88 Å². The van der Waals surface area contributed by atoms with Crippen molar-refractivity contribution < 1.29 is 22.8 Å². The number of pyridine rings is 1. The van der Waals surface area contributed by atoms with Gasteiger partial charge < -0.3 is 9.80 Å². The summed E-state index contributed by atoms with van der Waals surface area (Å²) in [4.78, 5) is 37.0. The summed E-state index contributed by atoms with van der Waals surface area (Å²) in [5.41, 5.74) is -3.25. The smallest absolute Gasteiger partial charge is 0.357 e. The molecule has 10 heteroatoms. The highest BCUT2D eigenvalue weighted by Crippen LogP contribution is 2.50. The third kappa shape index (κ3) is 4.41. The largest absolute Gasteiger partial charge is 0.446 e. The van der Waals surface area contributed by atoms with Crippen LogP contribution in [0.4, 0.5) is 29.5 Å². The fourth-order valence-electron chi connectivity index (χ4n) is 5.38. The number of benzene rings is 2. The molecule has 3 aliphatic rings. The molecule has 0 unspecified atom stereocenters. The van der Waals surface area contributed by atoms with Crippen LogP contribution in [0.2, 0.25) is 0 Å². The first-order chi connectivity index (χ1) is 17.7. The van der Waals surface area contributed by atoms with Crippen molar-refractivity contribution in [3.8, 4) is 0 Å². The first-order valence-corrected chi connectivity index (χ1v) is 13.2. The van der Waals surface area contributed by atoms with Crippen molar-refractivity contribution in [2.24, 2.45) is 0 Å². The molecule has 3 aromatic rings. The van der Waals surface area contributed by atoms with E-state index in [0.29, 0.717) is 12.8 Å². The molecule has 1 saturated carbocycles. The summed E-state index contributed by atoms with van der Waals surface area (Å²) in [7, 11) is 0. The summed E-state index contributed by atoms with van der Waals surface area (Å²) in [5.74, 6) is 0.564. The average molecular weight is 527 g/mol. The monoisotopic (exact) mass is 526 g/mol. The van der Waals surface area contributed by atoms with E-state index in [9.17, 15) is 22.8 Å².